The summed E-state index contributed by atoms with van der Waals surface area (Å²) in [4.78, 5) is 13.4. The second-order valence-corrected chi connectivity index (χ2v) is 12.3. The number of fused-ring (bicyclic) bond motifs is 5. The first-order valence-electron chi connectivity index (χ1n) is 12.7. The summed E-state index contributed by atoms with van der Waals surface area (Å²) in [6.45, 7) is 10.4. The first-order chi connectivity index (χ1) is 14.8. The molecule has 0 N–H and O–H groups in total. The largest absolute Gasteiger partial charge is 0.297 e. The molecule has 0 aromatic carbocycles. The summed E-state index contributed by atoms with van der Waals surface area (Å²) in [5.74, 6) is 5.41. The zero-order chi connectivity index (χ0) is 22.0. The van der Waals surface area contributed by atoms with Crippen LogP contribution in [0.15, 0.2) is 12.4 Å². The monoisotopic (exact) mass is 421 g/mol. The molecule has 4 nitrogen and oxygen atoms in total. The zero-order valence-electron chi connectivity index (χ0n) is 19.8. The fourth-order valence-corrected chi connectivity index (χ4v) is 9.16. The maximum atomic E-state index is 13.4. The highest BCUT2D eigenvalue weighted by molar-refractivity contribution is 5.82. The first kappa shape index (κ1) is 21.2. The molecule has 4 aliphatic rings. The van der Waals surface area contributed by atoms with Crippen LogP contribution in [-0.4, -0.2) is 15.6 Å². The molecule has 1 aromatic heterocycles. The molecule has 1 heterocycles. The summed E-state index contributed by atoms with van der Waals surface area (Å²) in [6, 6.07) is 2.11. The minimum atomic E-state index is 0.142. The molecule has 8 unspecified atom stereocenters. The van der Waals surface area contributed by atoms with Crippen molar-refractivity contribution in [1.29, 1.82) is 5.26 Å². The number of nitrogens with zero attached hydrogens (tertiary/aromatic N) is 3. The number of Topliss-reactive ketones (excluding diaryl/α,β-unsaturated/α-hetero) is 1. The van der Waals surface area contributed by atoms with Gasteiger partial charge < -0.3 is 0 Å². The Balaban J connectivity index is 1.37. The SMILES string of the molecule is CC1CCC2(C)C(C1)CC(C)C1C2CCC2(C)C1CC[C@@H]2C(=O)Cn1cc(C#N)cn1. The summed E-state index contributed by atoms with van der Waals surface area (Å²) in [5, 5.41) is 13.3. The molecule has 0 aliphatic heterocycles. The average molecular weight is 422 g/mol. The van der Waals surface area contributed by atoms with Crippen molar-refractivity contribution in [1.82, 2.24) is 9.78 Å². The highest BCUT2D eigenvalue weighted by Crippen LogP contribution is 2.69. The van der Waals surface area contributed by atoms with Gasteiger partial charge in [0.1, 0.15) is 6.07 Å². The third-order valence-electron chi connectivity index (χ3n) is 10.8. The van der Waals surface area contributed by atoms with Gasteiger partial charge in [0.2, 0.25) is 0 Å². The molecule has 4 fully saturated rings. The normalized spacial score (nSPS) is 46.5. The van der Waals surface area contributed by atoms with E-state index in [0.717, 1.165) is 36.0 Å². The van der Waals surface area contributed by atoms with Crippen molar-refractivity contribution in [2.24, 2.45) is 52.3 Å². The van der Waals surface area contributed by atoms with Crippen molar-refractivity contribution in [2.45, 2.75) is 85.6 Å². The van der Waals surface area contributed by atoms with E-state index in [2.05, 4.69) is 38.9 Å². The lowest BCUT2D eigenvalue weighted by Crippen LogP contribution is -2.56. The number of hydrogen-bond donors (Lipinski definition) is 0. The van der Waals surface area contributed by atoms with Gasteiger partial charge in [-0.15, -0.1) is 0 Å². The van der Waals surface area contributed by atoms with E-state index < -0.39 is 0 Å². The minimum absolute atomic E-state index is 0.142. The lowest BCUT2D eigenvalue weighted by atomic mass is 9.42. The number of hydrogen-bond acceptors (Lipinski definition) is 3. The molecule has 0 spiro atoms. The Labute approximate surface area is 187 Å². The number of carbonyl (C=O) groups excluding carboxylic acids is 1. The smallest absolute Gasteiger partial charge is 0.157 e. The van der Waals surface area contributed by atoms with E-state index in [-0.39, 0.29) is 11.3 Å². The molecule has 4 heteroatoms. The molecule has 0 amide bonds. The first-order valence-corrected chi connectivity index (χ1v) is 12.7. The molecule has 5 rings (SSSR count). The molecule has 31 heavy (non-hydrogen) atoms. The van der Waals surface area contributed by atoms with Gasteiger partial charge in [-0.25, -0.2) is 0 Å². The van der Waals surface area contributed by atoms with E-state index in [1.54, 1.807) is 17.1 Å². The van der Waals surface area contributed by atoms with Crippen LogP contribution >= 0.6 is 0 Å². The highest BCUT2D eigenvalue weighted by Gasteiger charge is 2.62. The molecule has 4 aliphatic carbocycles. The number of rotatable bonds is 3. The van der Waals surface area contributed by atoms with Crippen LogP contribution in [0.3, 0.4) is 0 Å². The Kier molecular flexibility index (Phi) is 5.11. The minimum Gasteiger partial charge on any atom is -0.297 e. The summed E-state index contributed by atoms with van der Waals surface area (Å²) in [5.41, 5.74) is 1.20. The van der Waals surface area contributed by atoms with Crippen molar-refractivity contribution >= 4 is 5.78 Å². The van der Waals surface area contributed by atoms with Crippen molar-refractivity contribution in [3.8, 4) is 6.07 Å². The molecular weight excluding hydrogens is 382 g/mol. The number of aromatic nitrogens is 2. The predicted octanol–water partition coefficient (Wildman–Crippen LogP) is 5.86. The molecule has 4 saturated carbocycles. The van der Waals surface area contributed by atoms with E-state index in [1.807, 2.05) is 0 Å². The maximum absolute atomic E-state index is 13.4. The molecular formula is C27H39N3O. The topological polar surface area (TPSA) is 58.7 Å². The van der Waals surface area contributed by atoms with Gasteiger partial charge in [0.15, 0.2) is 5.78 Å². The third-order valence-corrected chi connectivity index (χ3v) is 10.8. The summed E-state index contributed by atoms with van der Waals surface area (Å²) in [6.07, 6.45) is 13.7. The fourth-order valence-electron chi connectivity index (χ4n) is 9.16. The molecule has 0 saturated heterocycles. The van der Waals surface area contributed by atoms with Crippen LogP contribution in [0.5, 0.6) is 0 Å². The van der Waals surface area contributed by atoms with Crippen LogP contribution in [0.1, 0.15) is 84.6 Å². The van der Waals surface area contributed by atoms with E-state index >= 15 is 0 Å². The van der Waals surface area contributed by atoms with E-state index in [0.29, 0.717) is 29.2 Å². The van der Waals surface area contributed by atoms with Gasteiger partial charge in [0, 0.05) is 12.1 Å². The van der Waals surface area contributed by atoms with E-state index in [1.165, 1.54) is 44.9 Å². The van der Waals surface area contributed by atoms with Crippen LogP contribution in [0.4, 0.5) is 0 Å². The zero-order valence-corrected chi connectivity index (χ0v) is 19.8. The van der Waals surface area contributed by atoms with Gasteiger partial charge >= 0.3 is 0 Å². The van der Waals surface area contributed by atoms with Gasteiger partial charge in [0.05, 0.1) is 18.3 Å². The Morgan fingerprint density at radius 2 is 1.87 bits per heavy atom. The Morgan fingerprint density at radius 1 is 1.13 bits per heavy atom. The Morgan fingerprint density at radius 3 is 2.61 bits per heavy atom. The van der Waals surface area contributed by atoms with Crippen molar-refractivity contribution in [3.63, 3.8) is 0 Å². The molecule has 0 bridgehead atoms. The Bertz CT molecular complexity index is 899. The number of nitriles is 1. The van der Waals surface area contributed by atoms with Gasteiger partial charge in [-0.05, 0) is 91.3 Å². The summed E-state index contributed by atoms with van der Waals surface area (Å²) < 4.78 is 1.67. The average Bonchev–Trinajstić information content (AvgIpc) is 3.32. The quantitative estimate of drug-likeness (QED) is 0.614. The fraction of sp³-hybridized carbons (Fsp3) is 0.815. The molecule has 0 radical (unpaired) electrons. The van der Waals surface area contributed by atoms with Crippen LogP contribution in [0.2, 0.25) is 0 Å². The lowest BCUT2D eigenvalue weighted by Gasteiger charge is -2.63. The molecule has 1 aromatic rings. The Hall–Kier alpha value is -1.63. The van der Waals surface area contributed by atoms with Crippen LogP contribution in [0, 0.1) is 63.6 Å². The van der Waals surface area contributed by atoms with Crippen LogP contribution in [-0.2, 0) is 11.3 Å². The van der Waals surface area contributed by atoms with E-state index in [9.17, 15) is 4.79 Å². The third kappa shape index (κ3) is 3.21. The van der Waals surface area contributed by atoms with Gasteiger partial charge in [0.25, 0.3) is 0 Å². The van der Waals surface area contributed by atoms with E-state index in [4.69, 9.17) is 5.26 Å². The van der Waals surface area contributed by atoms with Crippen LogP contribution < -0.4 is 0 Å². The second kappa shape index (κ2) is 7.46. The molecule has 9 atom stereocenters. The van der Waals surface area contributed by atoms with Crippen molar-refractivity contribution < 1.29 is 4.79 Å². The summed E-state index contributed by atoms with van der Waals surface area (Å²) in [7, 11) is 0. The maximum Gasteiger partial charge on any atom is 0.157 e. The number of carbonyl (C=O) groups is 1. The van der Waals surface area contributed by atoms with Crippen LogP contribution in [0.25, 0.3) is 0 Å². The highest BCUT2D eigenvalue weighted by atomic mass is 16.1. The van der Waals surface area contributed by atoms with Crippen molar-refractivity contribution in [3.05, 3.63) is 18.0 Å². The van der Waals surface area contributed by atoms with Gasteiger partial charge in [-0.1, -0.05) is 34.1 Å². The van der Waals surface area contributed by atoms with Gasteiger partial charge in [-0.3, -0.25) is 9.48 Å². The second-order valence-electron chi connectivity index (χ2n) is 12.3. The number of ketones is 1. The molecule has 168 valence electrons. The van der Waals surface area contributed by atoms with Gasteiger partial charge in [-0.2, -0.15) is 10.4 Å². The standard InChI is InChI=1S/C27H39N3O/c1-17-7-9-26(3)20(11-17)12-18(2)25-22-6-5-21(27(22,4)10-8-23(25)26)24(31)16-30-15-19(13-28)14-29-30/h14-15,17-18,20-23,25H,5-12,16H2,1-4H3/t17?,18?,20?,21-,22?,23?,25?,26?,27?/m1/s1. The van der Waals surface area contributed by atoms with Crippen molar-refractivity contribution in [2.75, 3.05) is 0 Å². The lowest BCUT2D eigenvalue weighted by molar-refractivity contribution is -0.148. The summed E-state index contributed by atoms with van der Waals surface area (Å²) >= 11 is 0. The predicted molar refractivity (Wildman–Crippen MR) is 121 cm³/mol.